The van der Waals surface area contributed by atoms with Crippen molar-refractivity contribution in [2.24, 2.45) is 0 Å². The molecule has 0 aliphatic rings. The van der Waals surface area contributed by atoms with Crippen LogP contribution in [-0.4, -0.2) is 13.0 Å². The molecule has 0 aliphatic heterocycles. The Bertz CT molecular complexity index is 863. The van der Waals surface area contributed by atoms with Gasteiger partial charge in [-0.2, -0.15) is 0 Å². The van der Waals surface area contributed by atoms with Crippen molar-refractivity contribution in [3.8, 4) is 16.9 Å². The average Bonchev–Trinajstić information content (AvgIpc) is 2.62. The number of methoxy groups -OCH3 is 1. The molecule has 3 aromatic rings. The number of rotatable bonds is 4. The van der Waals surface area contributed by atoms with Crippen molar-refractivity contribution in [3.05, 3.63) is 83.4 Å². The minimum absolute atomic E-state index is 0.185. The van der Waals surface area contributed by atoms with Gasteiger partial charge >= 0.3 is 0 Å². The Morgan fingerprint density at radius 1 is 0.958 bits per heavy atom. The van der Waals surface area contributed by atoms with Gasteiger partial charge in [-0.15, -0.1) is 0 Å². The van der Waals surface area contributed by atoms with Gasteiger partial charge in [0, 0.05) is 11.3 Å². The van der Waals surface area contributed by atoms with E-state index in [1.807, 2.05) is 54.6 Å². The first kappa shape index (κ1) is 16.1. The van der Waals surface area contributed by atoms with Gasteiger partial charge in [0.2, 0.25) is 0 Å². The monoisotopic (exact) mass is 337 g/mol. The Kier molecular flexibility index (Phi) is 4.82. The molecule has 1 N–H and O–H groups in total. The van der Waals surface area contributed by atoms with Crippen LogP contribution >= 0.6 is 11.6 Å². The summed E-state index contributed by atoms with van der Waals surface area (Å²) in [5, 5.41) is 3.33. The maximum atomic E-state index is 12.7. The normalized spacial score (nSPS) is 10.2. The summed E-state index contributed by atoms with van der Waals surface area (Å²) in [6.45, 7) is 0. The van der Waals surface area contributed by atoms with Crippen LogP contribution in [0.4, 0.5) is 5.69 Å². The molecule has 3 aromatic carbocycles. The Morgan fingerprint density at radius 3 is 2.38 bits per heavy atom. The third-order valence-electron chi connectivity index (χ3n) is 3.67. The van der Waals surface area contributed by atoms with Crippen LogP contribution in [0.25, 0.3) is 11.1 Å². The lowest BCUT2D eigenvalue weighted by Crippen LogP contribution is -2.13. The maximum absolute atomic E-state index is 12.7. The SMILES string of the molecule is COc1ccc(NC(=O)c2ccccc2-c2ccccc2)cc1Cl. The lowest BCUT2D eigenvalue weighted by atomic mass is 9.99. The summed E-state index contributed by atoms with van der Waals surface area (Å²) < 4.78 is 5.12. The van der Waals surface area contributed by atoms with Gasteiger partial charge in [0.25, 0.3) is 5.91 Å². The first-order valence-electron chi connectivity index (χ1n) is 7.48. The van der Waals surface area contributed by atoms with Crippen LogP contribution in [0.3, 0.4) is 0 Å². The molecule has 0 spiro atoms. The van der Waals surface area contributed by atoms with Crippen molar-refractivity contribution in [1.82, 2.24) is 0 Å². The number of ether oxygens (including phenoxy) is 1. The van der Waals surface area contributed by atoms with E-state index in [0.717, 1.165) is 11.1 Å². The van der Waals surface area contributed by atoms with E-state index in [9.17, 15) is 4.79 Å². The second-order valence-electron chi connectivity index (χ2n) is 5.22. The van der Waals surface area contributed by atoms with Crippen LogP contribution in [-0.2, 0) is 0 Å². The Labute approximate surface area is 145 Å². The molecule has 24 heavy (non-hydrogen) atoms. The van der Waals surface area contributed by atoms with Crippen LogP contribution in [0.15, 0.2) is 72.8 Å². The molecule has 120 valence electrons. The highest BCUT2D eigenvalue weighted by Crippen LogP contribution is 2.28. The second kappa shape index (κ2) is 7.20. The molecule has 4 heteroatoms. The average molecular weight is 338 g/mol. The van der Waals surface area contributed by atoms with Gasteiger partial charge in [-0.05, 0) is 35.4 Å². The molecule has 0 radical (unpaired) electrons. The van der Waals surface area contributed by atoms with Crippen molar-refractivity contribution < 1.29 is 9.53 Å². The molecule has 0 saturated carbocycles. The fourth-order valence-corrected chi connectivity index (χ4v) is 2.75. The standard InChI is InChI=1S/C20H16ClNO2/c1-24-19-12-11-15(13-18(19)21)22-20(23)17-10-6-5-9-16(17)14-7-3-2-4-8-14/h2-13H,1H3,(H,22,23). The highest BCUT2D eigenvalue weighted by molar-refractivity contribution is 6.32. The Balaban J connectivity index is 1.90. The predicted octanol–water partition coefficient (Wildman–Crippen LogP) is 5.27. The molecule has 0 aromatic heterocycles. The number of amides is 1. The molecule has 0 bridgehead atoms. The first-order chi connectivity index (χ1) is 11.7. The van der Waals surface area contributed by atoms with E-state index in [0.29, 0.717) is 22.0 Å². The number of nitrogens with one attached hydrogen (secondary N) is 1. The van der Waals surface area contributed by atoms with Gasteiger partial charge in [0.05, 0.1) is 12.1 Å². The second-order valence-corrected chi connectivity index (χ2v) is 5.62. The van der Waals surface area contributed by atoms with E-state index in [1.54, 1.807) is 25.3 Å². The highest BCUT2D eigenvalue weighted by Gasteiger charge is 2.13. The van der Waals surface area contributed by atoms with E-state index in [2.05, 4.69) is 5.32 Å². The molecule has 1 amide bonds. The number of carbonyl (C=O) groups is 1. The molecular weight excluding hydrogens is 322 g/mol. The van der Waals surface area contributed by atoms with Crippen molar-refractivity contribution in [3.63, 3.8) is 0 Å². The summed E-state index contributed by atoms with van der Waals surface area (Å²) in [5.74, 6) is 0.384. The van der Waals surface area contributed by atoms with E-state index in [1.165, 1.54) is 0 Å². The van der Waals surface area contributed by atoms with E-state index < -0.39 is 0 Å². The van der Waals surface area contributed by atoms with Crippen molar-refractivity contribution in [2.75, 3.05) is 12.4 Å². The van der Waals surface area contributed by atoms with Gasteiger partial charge in [-0.25, -0.2) is 0 Å². The smallest absolute Gasteiger partial charge is 0.256 e. The summed E-state index contributed by atoms with van der Waals surface area (Å²) in [4.78, 5) is 12.7. The summed E-state index contributed by atoms with van der Waals surface area (Å²) in [6, 6.07) is 22.5. The lowest BCUT2D eigenvalue weighted by Gasteiger charge is -2.11. The number of carbonyl (C=O) groups excluding carboxylic acids is 1. The number of benzene rings is 3. The van der Waals surface area contributed by atoms with Crippen LogP contribution < -0.4 is 10.1 Å². The van der Waals surface area contributed by atoms with Gasteiger partial charge in [0.1, 0.15) is 5.75 Å². The third kappa shape index (κ3) is 3.42. The molecular formula is C20H16ClNO2. The first-order valence-corrected chi connectivity index (χ1v) is 7.86. The van der Waals surface area contributed by atoms with Crippen molar-refractivity contribution in [2.45, 2.75) is 0 Å². The van der Waals surface area contributed by atoms with Crippen LogP contribution in [0.2, 0.25) is 5.02 Å². The van der Waals surface area contributed by atoms with Gasteiger partial charge in [-0.1, -0.05) is 60.1 Å². The molecule has 0 heterocycles. The predicted molar refractivity (Wildman–Crippen MR) is 97.8 cm³/mol. The molecule has 0 unspecified atom stereocenters. The maximum Gasteiger partial charge on any atom is 0.256 e. The zero-order valence-corrected chi connectivity index (χ0v) is 13.9. The van der Waals surface area contributed by atoms with Gasteiger partial charge in [-0.3, -0.25) is 4.79 Å². The Hall–Kier alpha value is -2.78. The molecule has 0 fully saturated rings. The topological polar surface area (TPSA) is 38.3 Å². The fourth-order valence-electron chi connectivity index (χ4n) is 2.49. The molecule has 0 aliphatic carbocycles. The molecule has 0 saturated heterocycles. The van der Waals surface area contributed by atoms with Gasteiger partial charge < -0.3 is 10.1 Å². The van der Waals surface area contributed by atoms with Crippen molar-refractivity contribution >= 4 is 23.2 Å². The zero-order valence-electron chi connectivity index (χ0n) is 13.1. The fraction of sp³-hybridized carbons (Fsp3) is 0.0500. The quantitative estimate of drug-likeness (QED) is 0.704. The van der Waals surface area contributed by atoms with Crippen molar-refractivity contribution in [1.29, 1.82) is 0 Å². The van der Waals surface area contributed by atoms with Crippen LogP contribution in [0.1, 0.15) is 10.4 Å². The third-order valence-corrected chi connectivity index (χ3v) is 3.96. The molecule has 3 rings (SSSR count). The zero-order chi connectivity index (χ0) is 16.9. The minimum atomic E-state index is -0.185. The summed E-state index contributed by atoms with van der Waals surface area (Å²) in [6.07, 6.45) is 0. The van der Waals surface area contributed by atoms with E-state index in [-0.39, 0.29) is 5.91 Å². The minimum Gasteiger partial charge on any atom is -0.495 e. The van der Waals surface area contributed by atoms with Crippen LogP contribution in [0, 0.1) is 0 Å². The van der Waals surface area contributed by atoms with Gasteiger partial charge in [0.15, 0.2) is 0 Å². The number of hydrogen-bond donors (Lipinski definition) is 1. The van der Waals surface area contributed by atoms with E-state index in [4.69, 9.17) is 16.3 Å². The number of hydrogen-bond acceptors (Lipinski definition) is 2. The molecule has 3 nitrogen and oxygen atoms in total. The van der Waals surface area contributed by atoms with Crippen LogP contribution in [0.5, 0.6) is 5.75 Å². The lowest BCUT2D eigenvalue weighted by molar-refractivity contribution is 0.102. The Morgan fingerprint density at radius 2 is 1.67 bits per heavy atom. The highest BCUT2D eigenvalue weighted by atomic mass is 35.5. The summed E-state index contributed by atoms with van der Waals surface area (Å²) in [5.41, 5.74) is 3.11. The summed E-state index contributed by atoms with van der Waals surface area (Å²) >= 11 is 6.11. The number of anilines is 1. The molecule has 0 atom stereocenters. The van der Waals surface area contributed by atoms with E-state index >= 15 is 0 Å². The summed E-state index contributed by atoms with van der Waals surface area (Å²) in [7, 11) is 1.55. The largest absolute Gasteiger partial charge is 0.495 e. The number of halogens is 1.